The molecule has 0 aliphatic carbocycles. The van der Waals surface area contributed by atoms with Gasteiger partial charge in [0.1, 0.15) is 5.03 Å². The highest BCUT2D eigenvalue weighted by Gasteiger charge is 2.11. The predicted octanol–water partition coefficient (Wildman–Crippen LogP) is 0.445. The number of aromatic amines is 1. The van der Waals surface area contributed by atoms with Crippen molar-refractivity contribution in [1.82, 2.24) is 20.2 Å². The number of amidine groups is 1. The summed E-state index contributed by atoms with van der Waals surface area (Å²) in [6.45, 7) is 0. The average molecular weight is 236 g/mol. The van der Waals surface area contributed by atoms with Crippen molar-refractivity contribution in [1.29, 1.82) is 0 Å². The molecular formula is C8H8N6OS. The summed E-state index contributed by atoms with van der Waals surface area (Å²) in [5.41, 5.74) is 6.03. The molecule has 16 heavy (non-hydrogen) atoms. The molecule has 0 unspecified atom stereocenters. The fourth-order valence-corrected chi connectivity index (χ4v) is 1.84. The van der Waals surface area contributed by atoms with E-state index in [1.165, 1.54) is 18.0 Å². The number of oxime groups is 1. The summed E-state index contributed by atoms with van der Waals surface area (Å²) in [5.74, 6) is -0.0102. The van der Waals surface area contributed by atoms with Crippen molar-refractivity contribution in [2.45, 2.75) is 10.2 Å². The highest BCUT2D eigenvalue weighted by atomic mass is 32.2. The Bertz CT molecular complexity index is 497. The molecule has 0 aromatic carbocycles. The van der Waals surface area contributed by atoms with Gasteiger partial charge in [0.05, 0.1) is 11.8 Å². The van der Waals surface area contributed by atoms with E-state index in [-0.39, 0.29) is 5.84 Å². The summed E-state index contributed by atoms with van der Waals surface area (Å²) >= 11 is 1.25. The van der Waals surface area contributed by atoms with Crippen LogP contribution in [0.3, 0.4) is 0 Å². The van der Waals surface area contributed by atoms with Gasteiger partial charge < -0.3 is 15.9 Å². The number of nitrogens with zero attached hydrogens (tertiary/aromatic N) is 4. The highest BCUT2D eigenvalue weighted by molar-refractivity contribution is 7.99. The molecule has 0 aliphatic rings. The number of nitrogens with one attached hydrogen (secondary N) is 1. The van der Waals surface area contributed by atoms with Crippen molar-refractivity contribution >= 4 is 17.6 Å². The van der Waals surface area contributed by atoms with Crippen LogP contribution in [-0.4, -0.2) is 31.2 Å². The van der Waals surface area contributed by atoms with Gasteiger partial charge in [0.25, 0.3) is 0 Å². The number of imidazole rings is 1. The van der Waals surface area contributed by atoms with Gasteiger partial charge in [-0.3, -0.25) is 0 Å². The fourth-order valence-electron chi connectivity index (χ4n) is 1.04. The number of H-pyrrole nitrogens is 1. The Morgan fingerprint density at radius 2 is 2.38 bits per heavy atom. The molecule has 82 valence electrons. The zero-order valence-corrected chi connectivity index (χ0v) is 8.85. The first-order valence-corrected chi connectivity index (χ1v) is 5.09. The van der Waals surface area contributed by atoms with Crippen molar-refractivity contribution < 1.29 is 5.21 Å². The number of hydrogen-bond donors (Lipinski definition) is 3. The van der Waals surface area contributed by atoms with Gasteiger partial charge in [-0.05, 0) is 17.8 Å². The van der Waals surface area contributed by atoms with E-state index in [1.807, 2.05) is 0 Å². The third kappa shape index (κ3) is 2.11. The summed E-state index contributed by atoms with van der Waals surface area (Å²) in [7, 11) is 0. The lowest BCUT2D eigenvalue weighted by atomic mass is 10.3. The lowest BCUT2D eigenvalue weighted by Gasteiger charge is -2.02. The maximum atomic E-state index is 8.62. The van der Waals surface area contributed by atoms with Crippen LogP contribution in [0.25, 0.3) is 0 Å². The summed E-state index contributed by atoms with van der Waals surface area (Å²) in [6.07, 6.45) is 4.79. The van der Waals surface area contributed by atoms with E-state index in [0.717, 1.165) is 0 Å². The van der Waals surface area contributed by atoms with Crippen LogP contribution in [0.2, 0.25) is 0 Å². The average Bonchev–Trinajstić information content (AvgIpc) is 2.82. The summed E-state index contributed by atoms with van der Waals surface area (Å²) < 4.78 is 0. The molecule has 0 radical (unpaired) electrons. The Balaban J connectivity index is 2.34. The largest absolute Gasteiger partial charge is 0.409 e. The molecule has 0 bridgehead atoms. The Labute approximate surface area is 94.8 Å². The number of rotatable bonds is 3. The first-order chi connectivity index (χ1) is 7.81. The first-order valence-electron chi connectivity index (χ1n) is 4.28. The molecule has 0 spiro atoms. The molecule has 2 rings (SSSR count). The maximum Gasteiger partial charge on any atom is 0.172 e. The van der Waals surface area contributed by atoms with Crippen LogP contribution >= 0.6 is 11.8 Å². The molecule has 0 amide bonds. The molecule has 8 heteroatoms. The monoisotopic (exact) mass is 236 g/mol. The quantitative estimate of drug-likeness (QED) is 0.308. The third-order valence-corrected chi connectivity index (χ3v) is 2.65. The molecule has 0 atom stereocenters. The molecule has 0 saturated carbocycles. The van der Waals surface area contributed by atoms with Crippen molar-refractivity contribution in [3.8, 4) is 0 Å². The second-order valence-electron chi connectivity index (χ2n) is 2.73. The molecule has 2 heterocycles. The minimum atomic E-state index is -0.0102. The number of hydrogen-bond acceptors (Lipinski definition) is 6. The van der Waals surface area contributed by atoms with Crippen molar-refractivity contribution in [2.24, 2.45) is 10.9 Å². The van der Waals surface area contributed by atoms with Crippen LogP contribution < -0.4 is 5.73 Å². The number of aromatic nitrogens is 4. The van der Waals surface area contributed by atoms with Gasteiger partial charge in [-0.2, -0.15) is 5.10 Å². The molecule has 0 saturated heterocycles. The van der Waals surface area contributed by atoms with Gasteiger partial charge in [0.2, 0.25) is 0 Å². The van der Waals surface area contributed by atoms with E-state index in [1.54, 1.807) is 18.5 Å². The summed E-state index contributed by atoms with van der Waals surface area (Å²) in [4.78, 5) is 6.94. The molecular weight excluding hydrogens is 228 g/mol. The van der Waals surface area contributed by atoms with Gasteiger partial charge in [-0.25, -0.2) is 4.98 Å². The zero-order valence-electron chi connectivity index (χ0n) is 8.03. The van der Waals surface area contributed by atoms with Crippen molar-refractivity contribution in [3.05, 3.63) is 30.2 Å². The zero-order chi connectivity index (χ0) is 11.4. The fraction of sp³-hybridized carbons (Fsp3) is 0. The topological polar surface area (TPSA) is 113 Å². The minimum Gasteiger partial charge on any atom is -0.409 e. The van der Waals surface area contributed by atoms with Gasteiger partial charge >= 0.3 is 0 Å². The lowest BCUT2D eigenvalue weighted by Crippen LogP contribution is -2.15. The van der Waals surface area contributed by atoms with Crippen LogP contribution in [0.15, 0.2) is 40.0 Å². The second-order valence-corrected chi connectivity index (χ2v) is 3.71. The predicted molar refractivity (Wildman–Crippen MR) is 57.3 cm³/mol. The van der Waals surface area contributed by atoms with Crippen LogP contribution in [-0.2, 0) is 0 Å². The normalized spacial score (nSPS) is 11.6. The van der Waals surface area contributed by atoms with E-state index in [2.05, 4.69) is 25.3 Å². The minimum absolute atomic E-state index is 0.0102. The van der Waals surface area contributed by atoms with E-state index < -0.39 is 0 Å². The maximum absolute atomic E-state index is 8.62. The standard InChI is InChI=1S/C8H8N6OS/c9-6(14-15)5-1-2-12-13-7(5)16-8-10-3-4-11-8/h1-4,15H,(H2,9,14)(H,10,11). The molecule has 0 aliphatic heterocycles. The smallest absolute Gasteiger partial charge is 0.172 e. The van der Waals surface area contributed by atoms with Gasteiger partial charge in [-0.15, -0.1) is 5.10 Å². The lowest BCUT2D eigenvalue weighted by molar-refractivity contribution is 0.318. The molecule has 2 aromatic heterocycles. The summed E-state index contributed by atoms with van der Waals surface area (Å²) in [6, 6.07) is 1.62. The SMILES string of the molecule is N/C(=N/O)c1ccnnc1Sc1ncc[nH]1. The van der Waals surface area contributed by atoms with Gasteiger partial charge in [0, 0.05) is 12.4 Å². The highest BCUT2D eigenvalue weighted by Crippen LogP contribution is 2.24. The molecule has 4 N–H and O–H groups in total. The van der Waals surface area contributed by atoms with Gasteiger partial charge in [0.15, 0.2) is 11.0 Å². The van der Waals surface area contributed by atoms with E-state index in [9.17, 15) is 0 Å². The second kappa shape index (κ2) is 4.62. The Morgan fingerprint density at radius 3 is 3.06 bits per heavy atom. The van der Waals surface area contributed by atoms with Crippen molar-refractivity contribution in [2.75, 3.05) is 0 Å². The van der Waals surface area contributed by atoms with Crippen LogP contribution in [0, 0.1) is 0 Å². The Morgan fingerprint density at radius 1 is 1.50 bits per heavy atom. The van der Waals surface area contributed by atoms with Crippen LogP contribution in [0.4, 0.5) is 0 Å². The first kappa shape index (κ1) is 10.4. The Hall–Kier alpha value is -2.09. The van der Waals surface area contributed by atoms with E-state index >= 15 is 0 Å². The summed E-state index contributed by atoms with van der Waals surface area (Å²) in [5, 5.41) is 20.4. The molecule has 2 aromatic rings. The molecule has 0 fully saturated rings. The van der Waals surface area contributed by atoms with Gasteiger partial charge in [-0.1, -0.05) is 5.16 Å². The van der Waals surface area contributed by atoms with Crippen LogP contribution in [0.5, 0.6) is 0 Å². The molecule has 7 nitrogen and oxygen atoms in total. The van der Waals surface area contributed by atoms with E-state index in [4.69, 9.17) is 10.9 Å². The van der Waals surface area contributed by atoms with Crippen LogP contribution in [0.1, 0.15) is 5.56 Å². The number of nitrogens with two attached hydrogens (primary N) is 1. The van der Waals surface area contributed by atoms with Crippen molar-refractivity contribution in [3.63, 3.8) is 0 Å². The third-order valence-electron chi connectivity index (χ3n) is 1.74. The Kier molecular flexibility index (Phi) is 3.01. The van der Waals surface area contributed by atoms with E-state index in [0.29, 0.717) is 15.7 Å².